The van der Waals surface area contributed by atoms with E-state index in [1.807, 2.05) is 23.5 Å². The summed E-state index contributed by atoms with van der Waals surface area (Å²) in [5.74, 6) is 2.82. The van der Waals surface area contributed by atoms with Gasteiger partial charge in [0.25, 0.3) is 0 Å². The number of unbranched alkanes of at least 4 members (excludes halogenated alkanes) is 3. The smallest absolute Gasteiger partial charge is 0.303 e. The fourth-order valence-corrected chi connectivity index (χ4v) is 3.44. The first-order valence-electron chi connectivity index (χ1n) is 7.90. The van der Waals surface area contributed by atoms with Gasteiger partial charge in [0.15, 0.2) is 0 Å². The lowest BCUT2D eigenvalue weighted by molar-refractivity contribution is -0.137. The molecule has 0 atom stereocenters. The maximum absolute atomic E-state index is 10.4. The van der Waals surface area contributed by atoms with Crippen LogP contribution in [0.15, 0.2) is 0 Å². The van der Waals surface area contributed by atoms with Gasteiger partial charge in [0.1, 0.15) is 0 Å². The van der Waals surface area contributed by atoms with Crippen molar-refractivity contribution >= 4 is 29.5 Å². The number of thioether (sulfide) groups is 2. The van der Waals surface area contributed by atoms with Crippen molar-refractivity contribution in [1.82, 2.24) is 0 Å². The summed E-state index contributed by atoms with van der Waals surface area (Å²) in [6.07, 6.45) is 15.9. The zero-order valence-corrected chi connectivity index (χ0v) is 14.9. The SMILES string of the molecule is CSCCCC(CCCCCCC(=O)O)CCCSC. The van der Waals surface area contributed by atoms with Gasteiger partial charge < -0.3 is 5.11 Å². The lowest BCUT2D eigenvalue weighted by Crippen LogP contribution is -2.03. The Balaban J connectivity index is 3.63. The predicted molar refractivity (Wildman–Crippen MR) is 94.1 cm³/mol. The number of aliphatic carboxylic acids is 1. The monoisotopic (exact) mass is 320 g/mol. The molecule has 2 nitrogen and oxygen atoms in total. The Morgan fingerprint density at radius 2 is 1.35 bits per heavy atom. The van der Waals surface area contributed by atoms with Gasteiger partial charge in [0.2, 0.25) is 0 Å². The fraction of sp³-hybridized carbons (Fsp3) is 0.938. The number of hydrogen-bond acceptors (Lipinski definition) is 3. The average molecular weight is 321 g/mol. The van der Waals surface area contributed by atoms with Gasteiger partial charge in [-0.2, -0.15) is 23.5 Å². The number of carboxylic acid groups (broad SMARTS) is 1. The highest BCUT2D eigenvalue weighted by Crippen LogP contribution is 2.23. The molecule has 0 rings (SSSR count). The van der Waals surface area contributed by atoms with Crippen LogP contribution in [0, 0.1) is 5.92 Å². The van der Waals surface area contributed by atoms with Gasteiger partial charge in [-0.25, -0.2) is 0 Å². The Kier molecular flexibility index (Phi) is 15.7. The highest BCUT2D eigenvalue weighted by Gasteiger charge is 2.08. The molecule has 0 radical (unpaired) electrons. The first-order chi connectivity index (χ1) is 9.70. The zero-order chi connectivity index (χ0) is 15.1. The second-order valence-electron chi connectivity index (χ2n) is 5.48. The van der Waals surface area contributed by atoms with Crippen LogP contribution in [-0.2, 0) is 4.79 Å². The molecule has 0 aliphatic heterocycles. The van der Waals surface area contributed by atoms with Crippen LogP contribution in [0.2, 0.25) is 0 Å². The Hall–Kier alpha value is 0.170. The Morgan fingerprint density at radius 1 is 0.850 bits per heavy atom. The van der Waals surface area contributed by atoms with Crippen molar-refractivity contribution in [2.75, 3.05) is 24.0 Å². The molecule has 1 N–H and O–H groups in total. The third kappa shape index (κ3) is 14.6. The van der Waals surface area contributed by atoms with E-state index in [1.165, 1.54) is 56.5 Å². The van der Waals surface area contributed by atoms with E-state index in [2.05, 4.69) is 12.5 Å². The molecule has 0 aromatic heterocycles. The van der Waals surface area contributed by atoms with E-state index in [-0.39, 0.29) is 0 Å². The van der Waals surface area contributed by atoms with E-state index < -0.39 is 5.97 Å². The Bertz CT molecular complexity index is 213. The van der Waals surface area contributed by atoms with Crippen LogP contribution < -0.4 is 0 Å². The first-order valence-corrected chi connectivity index (χ1v) is 10.7. The van der Waals surface area contributed by atoms with Crippen LogP contribution in [0.4, 0.5) is 0 Å². The van der Waals surface area contributed by atoms with E-state index in [1.54, 1.807) is 0 Å². The minimum absolute atomic E-state index is 0.338. The highest BCUT2D eigenvalue weighted by atomic mass is 32.2. The van der Waals surface area contributed by atoms with E-state index in [9.17, 15) is 4.79 Å². The first kappa shape index (κ1) is 20.2. The average Bonchev–Trinajstić information content (AvgIpc) is 2.42. The normalized spacial score (nSPS) is 11.2. The van der Waals surface area contributed by atoms with Crippen molar-refractivity contribution in [3.05, 3.63) is 0 Å². The molecule has 0 aromatic carbocycles. The second kappa shape index (κ2) is 15.6. The molecule has 0 aliphatic carbocycles. The molecule has 0 saturated heterocycles. The largest absolute Gasteiger partial charge is 0.481 e. The fourth-order valence-electron chi connectivity index (χ4n) is 2.53. The summed E-state index contributed by atoms with van der Waals surface area (Å²) in [5.41, 5.74) is 0. The number of rotatable bonds is 15. The number of hydrogen-bond donors (Lipinski definition) is 1. The van der Waals surface area contributed by atoms with Gasteiger partial charge in [0, 0.05) is 6.42 Å². The van der Waals surface area contributed by atoms with E-state index in [0.717, 1.165) is 18.8 Å². The van der Waals surface area contributed by atoms with Crippen molar-refractivity contribution in [2.24, 2.45) is 5.92 Å². The zero-order valence-electron chi connectivity index (χ0n) is 13.2. The molecule has 0 bridgehead atoms. The molecule has 4 heteroatoms. The van der Waals surface area contributed by atoms with Crippen molar-refractivity contribution in [2.45, 2.75) is 64.2 Å². The summed E-state index contributed by atoms with van der Waals surface area (Å²) in [7, 11) is 0. The number of carboxylic acids is 1. The molecule has 120 valence electrons. The van der Waals surface area contributed by atoms with Gasteiger partial charge in [-0.15, -0.1) is 0 Å². The van der Waals surface area contributed by atoms with Gasteiger partial charge in [-0.05, 0) is 62.0 Å². The Labute approximate surface area is 133 Å². The van der Waals surface area contributed by atoms with Crippen LogP contribution in [0.3, 0.4) is 0 Å². The van der Waals surface area contributed by atoms with Gasteiger partial charge in [0.05, 0.1) is 0 Å². The molecule has 0 aromatic rings. The van der Waals surface area contributed by atoms with E-state index >= 15 is 0 Å². The molecule has 0 unspecified atom stereocenters. The van der Waals surface area contributed by atoms with Crippen molar-refractivity contribution in [3.8, 4) is 0 Å². The molecule has 0 fully saturated rings. The van der Waals surface area contributed by atoms with E-state index in [4.69, 9.17) is 5.11 Å². The van der Waals surface area contributed by atoms with Crippen LogP contribution in [0.5, 0.6) is 0 Å². The highest BCUT2D eigenvalue weighted by molar-refractivity contribution is 7.98. The van der Waals surface area contributed by atoms with Crippen molar-refractivity contribution in [1.29, 1.82) is 0 Å². The maximum atomic E-state index is 10.4. The standard InChI is InChI=1S/C16H32O2S2/c1-19-13-7-10-15(11-8-14-20-2)9-5-3-4-6-12-16(17)18/h15H,3-14H2,1-2H3,(H,17,18). The summed E-state index contributed by atoms with van der Waals surface area (Å²) in [6.45, 7) is 0. The summed E-state index contributed by atoms with van der Waals surface area (Å²) < 4.78 is 0. The Morgan fingerprint density at radius 3 is 1.85 bits per heavy atom. The molecule has 20 heavy (non-hydrogen) atoms. The van der Waals surface area contributed by atoms with Gasteiger partial charge in [-0.1, -0.05) is 25.7 Å². The second-order valence-corrected chi connectivity index (χ2v) is 7.45. The van der Waals surface area contributed by atoms with Crippen LogP contribution in [0.25, 0.3) is 0 Å². The number of carbonyl (C=O) groups is 1. The van der Waals surface area contributed by atoms with Crippen LogP contribution >= 0.6 is 23.5 Å². The molecule has 0 spiro atoms. The van der Waals surface area contributed by atoms with Crippen LogP contribution in [0.1, 0.15) is 64.2 Å². The minimum atomic E-state index is -0.656. The van der Waals surface area contributed by atoms with Crippen molar-refractivity contribution in [3.63, 3.8) is 0 Å². The van der Waals surface area contributed by atoms with E-state index in [0.29, 0.717) is 6.42 Å². The molecular formula is C16H32O2S2. The summed E-state index contributed by atoms with van der Waals surface area (Å²) in [6, 6.07) is 0. The summed E-state index contributed by atoms with van der Waals surface area (Å²) in [5, 5.41) is 8.60. The minimum Gasteiger partial charge on any atom is -0.481 e. The third-order valence-electron chi connectivity index (χ3n) is 3.67. The molecular weight excluding hydrogens is 288 g/mol. The predicted octanol–water partition coefficient (Wildman–Crippen LogP) is 5.31. The molecule has 0 aliphatic rings. The van der Waals surface area contributed by atoms with Gasteiger partial charge >= 0.3 is 5.97 Å². The van der Waals surface area contributed by atoms with Gasteiger partial charge in [-0.3, -0.25) is 4.79 Å². The summed E-state index contributed by atoms with van der Waals surface area (Å²) >= 11 is 3.90. The van der Waals surface area contributed by atoms with Crippen molar-refractivity contribution < 1.29 is 9.90 Å². The molecule has 0 heterocycles. The molecule has 0 amide bonds. The lowest BCUT2D eigenvalue weighted by atomic mass is 9.92. The molecule has 0 saturated carbocycles. The maximum Gasteiger partial charge on any atom is 0.303 e. The lowest BCUT2D eigenvalue weighted by Gasteiger charge is -2.16. The van der Waals surface area contributed by atoms with Crippen LogP contribution in [-0.4, -0.2) is 35.1 Å². The summed E-state index contributed by atoms with van der Waals surface area (Å²) in [4.78, 5) is 10.4. The topological polar surface area (TPSA) is 37.3 Å². The quantitative estimate of drug-likeness (QED) is 0.415. The third-order valence-corrected chi connectivity index (χ3v) is 5.07.